The van der Waals surface area contributed by atoms with E-state index in [0.29, 0.717) is 0 Å². The van der Waals surface area contributed by atoms with Gasteiger partial charge in [0.25, 0.3) is 0 Å². The molecule has 6 aromatic rings. The molecule has 45 heavy (non-hydrogen) atoms. The standard InChI is InChI=1S/C41H36N2O2/c1-41(2)39-25-35(42(31-13-5-3-6-14-31)33-17-9-11-29(23-33)27-44)19-21-37(39)38-22-20-36(26-40(38)41)43(32-15-7-4-8-16-32)34-18-10-12-30(24-34)28-45/h3-26,44-45H,27-28H2,1-2H3. The third kappa shape index (κ3) is 5.18. The molecule has 0 aliphatic heterocycles. The topological polar surface area (TPSA) is 46.9 Å². The maximum Gasteiger partial charge on any atom is 0.0682 e. The summed E-state index contributed by atoms with van der Waals surface area (Å²) >= 11 is 0. The predicted octanol–water partition coefficient (Wildman–Crippen LogP) is 9.92. The predicted molar refractivity (Wildman–Crippen MR) is 185 cm³/mol. The molecule has 0 unspecified atom stereocenters. The first-order valence-corrected chi connectivity index (χ1v) is 15.4. The van der Waals surface area contributed by atoms with Crippen LogP contribution >= 0.6 is 0 Å². The first kappa shape index (κ1) is 28.6. The molecule has 0 fully saturated rings. The molecule has 0 amide bonds. The lowest BCUT2D eigenvalue weighted by molar-refractivity contribution is 0.281. The van der Waals surface area contributed by atoms with Crippen LogP contribution in [0, 0.1) is 0 Å². The molecule has 0 saturated carbocycles. The number of anilines is 6. The summed E-state index contributed by atoms with van der Waals surface area (Å²) in [5, 5.41) is 19.8. The van der Waals surface area contributed by atoms with E-state index in [-0.39, 0.29) is 18.6 Å². The maximum atomic E-state index is 9.88. The lowest BCUT2D eigenvalue weighted by Gasteiger charge is -2.29. The fourth-order valence-electron chi connectivity index (χ4n) is 6.63. The largest absolute Gasteiger partial charge is 0.392 e. The molecule has 6 aromatic carbocycles. The van der Waals surface area contributed by atoms with Crippen LogP contribution in [-0.2, 0) is 18.6 Å². The van der Waals surface area contributed by atoms with E-state index in [1.165, 1.54) is 22.3 Å². The van der Waals surface area contributed by atoms with Crippen LogP contribution in [0.4, 0.5) is 34.1 Å². The van der Waals surface area contributed by atoms with Gasteiger partial charge in [0.05, 0.1) is 13.2 Å². The molecule has 0 heterocycles. The van der Waals surface area contributed by atoms with Crippen molar-refractivity contribution in [3.8, 4) is 11.1 Å². The Hall–Kier alpha value is -5.16. The molecule has 4 nitrogen and oxygen atoms in total. The van der Waals surface area contributed by atoms with Gasteiger partial charge in [0, 0.05) is 39.5 Å². The smallest absolute Gasteiger partial charge is 0.0682 e. The number of hydrogen-bond donors (Lipinski definition) is 2. The summed E-state index contributed by atoms with van der Waals surface area (Å²) in [6.45, 7) is 4.61. The lowest BCUT2D eigenvalue weighted by Crippen LogP contribution is -2.17. The van der Waals surface area contributed by atoms with Crippen molar-refractivity contribution in [2.24, 2.45) is 0 Å². The van der Waals surface area contributed by atoms with Crippen LogP contribution in [0.15, 0.2) is 146 Å². The second-order valence-electron chi connectivity index (χ2n) is 12.1. The van der Waals surface area contributed by atoms with Gasteiger partial charge in [-0.05, 0) is 106 Å². The Labute approximate surface area is 265 Å². The number of benzene rings is 6. The van der Waals surface area contributed by atoms with Crippen molar-refractivity contribution in [1.82, 2.24) is 0 Å². The minimum absolute atomic E-state index is 0.00434. The molecule has 1 aliphatic rings. The second-order valence-corrected chi connectivity index (χ2v) is 12.1. The Kier molecular flexibility index (Phi) is 7.46. The molecule has 0 bridgehead atoms. The van der Waals surface area contributed by atoms with E-state index in [1.54, 1.807) is 0 Å². The van der Waals surface area contributed by atoms with Crippen molar-refractivity contribution in [2.45, 2.75) is 32.5 Å². The number of aliphatic hydroxyl groups excluding tert-OH is 2. The van der Waals surface area contributed by atoms with E-state index >= 15 is 0 Å². The average molecular weight is 589 g/mol. The quantitative estimate of drug-likeness (QED) is 0.186. The highest BCUT2D eigenvalue weighted by Gasteiger charge is 2.36. The monoisotopic (exact) mass is 588 g/mol. The van der Waals surface area contributed by atoms with E-state index < -0.39 is 0 Å². The highest BCUT2D eigenvalue weighted by molar-refractivity contribution is 5.88. The van der Waals surface area contributed by atoms with Gasteiger partial charge in [0.2, 0.25) is 0 Å². The SMILES string of the molecule is CC1(C)c2cc(N(c3ccccc3)c3cccc(CO)c3)ccc2-c2ccc(N(c3ccccc3)c3cccc(CO)c3)cc21. The highest BCUT2D eigenvalue weighted by Crippen LogP contribution is 2.52. The third-order valence-electron chi connectivity index (χ3n) is 8.89. The lowest BCUT2D eigenvalue weighted by atomic mass is 9.82. The van der Waals surface area contributed by atoms with Gasteiger partial charge in [-0.15, -0.1) is 0 Å². The summed E-state index contributed by atoms with van der Waals surface area (Å²) in [7, 11) is 0. The van der Waals surface area contributed by atoms with Crippen molar-refractivity contribution in [3.63, 3.8) is 0 Å². The van der Waals surface area contributed by atoms with Crippen LogP contribution in [0.25, 0.3) is 11.1 Å². The van der Waals surface area contributed by atoms with Gasteiger partial charge in [-0.25, -0.2) is 0 Å². The Bertz CT molecular complexity index is 1830. The van der Waals surface area contributed by atoms with Crippen LogP contribution in [-0.4, -0.2) is 10.2 Å². The summed E-state index contributed by atoms with van der Waals surface area (Å²) in [6.07, 6.45) is 0. The van der Waals surface area contributed by atoms with Crippen molar-refractivity contribution in [2.75, 3.05) is 9.80 Å². The molecular formula is C41H36N2O2. The molecule has 0 atom stereocenters. The number of nitrogens with zero attached hydrogens (tertiary/aromatic N) is 2. The average Bonchev–Trinajstić information content (AvgIpc) is 3.31. The number of hydrogen-bond acceptors (Lipinski definition) is 4. The first-order chi connectivity index (χ1) is 22.0. The third-order valence-corrected chi connectivity index (χ3v) is 8.89. The zero-order valence-electron chi connectivity index (χ0n) is 25.6. The van der Waals surface area contributed by atoms with E-state index in [9.17, 15) is 10.2 Å². The number of para-hydroxylation sites is 2. The van der Waals surface area contributed by atoms with Crippen LogP contribution in [0.5, 0.6) is 0 Å². The van der Waals surface area contributed by atoms with Gasteiger partial charge in [0.1, 0.15) is 0 Å². The molecule has 1 aliphatic carbocycles. The maximum absolute atomic E-state index is 9.88. The normalized spacial score (nSPS) is 12.8. The molecule has 0 saturated heterocycles. The molecule has 0 radical (unpaired) electrons. The fraction of sp³-hybridized carbons (Fsp3) is 0.122. The van der Waals surface area contributed by atoms with Crippen molar-refractivity contribution < 1.29 is 10.2 Å². The summed E-state index contributed by atoms with van der Waals surface area (Å²) in [5.74, 6) is 0. The van der Waals surface area contributed by atoms with E-state index in [4.69, 9.17) is 0 Å². The minimum Gasteiger partial charge on any atom is -0.392 e. The summed E-state index contributed by atoms with van der Waals surface area (Å²) in [5.41, 5.74) is 12.8. The minimum atomic E-state index is -0.249. The molecule has 222 valence electrons. The van der Waals surface area contributed by atoms with Crippen LogP contribution in [0.3, 0.4) is 0 Å². The first-order valence-electron chi connectivity index (χ1n) is 15.4. The zero-order valence-corrected chi connectivity index (χ0v) is 25.6. The highest BCUT2D eigenvalue weighted by atomic mass is 16.3. The van der Waals surface area contributed by atoms with Gasteiger partial charge in [0.15, 0.2) is 0 Å². The Morgan fingerprint density at radius 2 is 0.800 bits per heavy atom. The number of aliphatic hydroxyl groups is 2. The Balaban J connectivity index is 1.34. The zero-order chi connectivity index (χ0) is 31.0. The van der Waals surface area contributed by atoms with Gasteiger partial charge < -0.3 is 20.0 Å². The molecular weight excluding hydrogens is 552 g/mol. The molecule has 0 spiro atoms. The van der Waals surface area contributed by atoms with Crippen LogP contribution in [0.1, 0.15) is 36.1 Å². The molecule has 4 heteroatoms. The van der Waals surface area contributed by atoms with E-state index in [0.717, 1.165) is 45.3 Å². The van der Waals surface area contributed by atoms with Crippen LogP contribution in [0.2, 0.25) is 0 Å². The summed E-state index contributed by atoms with van der Waals surface area (Å²) in [4.78, 5) is 4.52. The summed E-state index contributed by atoms with van der Waals surface area (Å²) < 4.78 is 0. The van der Waals surface area contributed by atoms with Gasteiger partial charge in [-0.3, -0.25) is 0 Å². The van der Waals surface area contributed by atoms with E-state index in [1.807, 2.05) is 36.4 Å². The Morgan fingerprint density at radius 3 is 1.20 bits per heavy atom. The van der Waals surface area contributed by atoms with Crippen molar-refractivity contribution >= 4 is 34.1 Å². The number of rotatable bonds is 8. The fourth-order valence-corrected chi connectivity index (χ4v) is 6.63. The molecule has 0 aromatic heterocycles. The van der Waals surface area contributed by atoms with Gasteiger partial charge in [-0.2, -0.15) is 0 Å². The van der Waals surface area contributed by atoms with E-state index in [2.05, 4.69) is 133 Å². The second kappa shape index (κ2) is 11.7. The molecule has 2 N–H and O–H groups in total. The summed E-state index contributed by atoms with van der Waals surface area (Å²) in [6, 6.07) is 50.5. The molecule has 7 rings (SSSR count). The van der Waals surface area contributed by atoms with Crippen molar-refractivity contribution in [1.29, 1.82) is 0 Å². The van der Waals surface area contributed by atoms with Gasteiger partial charge in [-0.1, -0.05) is 86.6 Å². The van der Waals surface area contributed by atoms with Gasteiger partial charge >= 0.3 is 0 Å². The van der Waals surface area contributed by atoms with Crippen molar-refractivity contribution in [3.05, 3.63) is 168 Å². The van der Waals surface area contributed by atoms with Crippen LogP contribution < -0.4 is 9.80 Å². The Morgan fingerprint density at radius 1 is 0.422 bits per heavy atom. The number of fused-ring (bicyclic) bond motifs is 3.